The van der Waals surface area contributed by atoms with Crippen LogP contribution in [-0.4, -0.2) is 24.5 Å². The van der Waals surface area contributed by atoms with Gasteiger partial charge in [0.1, 0.15) is 0 Å². The number of benzene rings is 1. The van der Waals surface area contributed by atoms with Crippen molar-refractivity contribution in [1.29, 1.82) is 0 Å². The molecule has 0 aliphatic carbocycles. The Morgan fingerprint density at radius 3 is 2.94 bits per heavy atom. The predicted molar refractivity (Wildman–Crippen MR) is 71.1 cm³/mol. The summed E-state index contributed by atoms with van der Waals surface area (Å²) in [5, 5.41) is 3.51. The molecule has 2 aliphatic heterocycles. The van der Waals surface area contributed by atoms with Crippen LogP contribution in [0.5, 0.6) is 0 Å². The van der Waals surface area contributed by atoms with E-state index in [4.69, 9.17) is 0 Å². The summed E-state index contributed by atoms with van der Waals surface area (Å²) >= 11 is 0. The van der Waals surface area contributed by atoms with E-state index in [9.17, 15) is 0 Å². The molecule has 17 heavy (non-hydrogen) atoms. The topological polar surface area (TPSA) is 15.3 Å². The zero-order valence-corrected chi connectivity index (χ0v) is 10.7. The fourth-order valence-electron chi connectivity index (χ4n) is 3.10. The molecule has 1 aromatic carbocycles. The Labute approximate surface area is 104 Å². The second-order valence-electron chi connectivity index (χ2n) is 5.37. The van der Waals surface area contributed by atoms with E-state index >= 15 is 0 Å². The highest BCUT2D eigenvalue weighted by atomic mass is 15.1. The minimum atomic E-state index is 0.740. The van der Waals surface area contributed by atoms with Crippen LogP contribution < -0.4 is 5.32 Å². The standard InChI is InChI=1S/C15H22N2/c1-2-17-10-14-6-5-12(8-15(14)11-17)13-4-3-7-16-9-13/h5-6,8,13,16H,2-4,7,9-11H2,1H3. The summed E-state index contributed by atoms with van der Waals surface area (Å²) in [6.07, 6.45) is 2.67. The van der Waals surface area contributed by atoms with Gasteiger partial charge >= 0.3 is 0 Å². The van der Waals surface area contributed by atoms with Crippen molar-refractivity contribution in [1.82, 2.24) is 10.2 Å². The molecule has 0 amide bonds. The van der Waals surface area contributed by atoms with E-state index in [2.05, 4.69) is 35.3 Å². The molecule has 1 N–H and O–H groups in total. The molecule has 0 bridgehead atoms. The SMILES string of the molecule is CCN1Cc2ccc(C3CCCNC3)cc2C1. The third kappa shape index (κ3) is 2.24. The van der Waals surface area contributed by atoms with Crippen LogP contribution >= 0.6 is 0 Å². The molecule has 0 saturated carbocycles. The van der Waals surface area contributed by atoms with Crippen molar-refractivity contribution < 1.29 is 0 Å². The summed E-state index contributed by atoms with van der Waals surface area (Å²) in [6, 6.07) is 7.17. The lowest BCUT2D eigenvalue weighted by atomic mass is 9.90. The Hall–Kier alpha value is -0.860. The van der Waals surface area contributed by atoms with Gasteiger partial charge in [0.15, 0.2) is 0 Å². The molecule has 0 radical (unpaired) electrons. The zero-order chi connectivity index (χ0) is 11.7. The Kier molecular flexibility index (Phi) is 3.17. The number of fused-ring (bicyclic) bond motifs is 1. The van der Waals surface area contributed by atoms with Gasteiger partial charge in [0.25, 0.3) is 0 Å². The lowest BCUT2D eigenvalue weighted by Gasteiger charge is -2.23. The molecule has 2 aliphatic rings. The van der Waals surface area contributed by atoms with E-state index in [1.807, 2.05) is 0 Å². The van der Waals surface area contributed by atoms with Gasteiger partial charge in [-0.1, -0.05) is 25.1 Å². The second kappa shape index (κ2) is 4.79. The molecule has 92 valence electrons. The van der Waals surface area contributed by atoms with Crippen LogP contribution in [0, 0.1) is 0 Å². The quantitative estimate of drug-likeness (QED) is 0.839. The van der Waals surface area contributed by atoms with E-state index in [1.54, 1.807) is 16.7 Å². The summed E-state index contributed by atoms with van der Waals surface area (Å²) in [5.41, 5.74) is 4.66. The molecule has 1 fully saturated rings. The molecule has 1 unspecified atom stereocenters. The van der Waals surface area contributed by atoms with Crippen LogP contribution in [0.15, 0.2) is 18.2 Å². The van der Waals surface area contributed by atoms with Crippen LogP contribution in [0.1, 0.15) is 42.4 Å². The van der Waals surface area contributed by atoms with Crippen molar-refractivity contribution in [3.8, 4) is 0 Å². The van der Waals surface area contributed by atoms with Gasteiger partial charge in [-0.25, -0.2) is 0 Å². The third-order valence-electron chi connectivity index (χ3n) is 4.23. The average Bonchev–Trinajstić information content (AvgIpc) is 2.81. The molecular weight excluding hydrogens is 208 g/mol. The number of rotatable bonds is 2. The maximum atomic E-state index is 3.51. The number of hydrogen-bond acceptors (Lipinski definition) is 2. The van der Waals surface area contributed by atoms with Crippen molar-refractivity contribution in [2.45, 2.75) is 38.8 Å². The largest absolute Gasteiger partial charge is 0.316 e. The fourth-order valence-corrected chi connectivity index (χ4v) is 3.10. The van der Waals surface area contributed by atoms with Crippen molar-refractivity contribution >= 4 is 0 Å². The first-order valence-electron chi connectivity index (χ1n) is 6.91. The van der Waals surface area contributed by atoms with E-state index in [0.717, 1.165) is 32.1 Å². The Bertz CT molecular complexity index is 394. The summed E-state index contributed by atoms with van der Waals surface area (Å²) in [7, 11) is 0. The Balaban J connectivity index is 1.80. The normalized spacial score (nSPS) is 24.9. The first-order chi connectivity index (χ1) is 8.36. The van der Waals surface area contributed by atoms with Crippen LogP contribution in [-0.2, 0) is 13.1 Å². The van der Waals surface area contributed by atoms with Gasteiger partial charge < -0.3 is 5.32 Å². The van der Waals surface area contributed by atoms with Crippen LogP contribution in [0.25, 0.3) is 0 Å². The molecule has 1 atom stereocenters. The minimum Gasteiger partial charge on any atom is -0.316 e. The molecular formula is C15H22N2. The number of hydrogen-bond donors (Lipinski definition) is 1. The Morgan fingerprint density at radius 2 is 2.18 bits per heavy atom. The van der Waals surface area contributed by atoms with Gasteiger partial charge in [0.2, 0.25) is 0 Å². The van der Waals surface area contributed by atoms with Crippen LogP contribution in [0.2, 0.25) is 0 Å². The van der Waals surface area contributed by atoms with Crippen molar-refractivity contribution in [2.24, 2.45) is 0 Å². The van der Waals surface area contributed by atoms with Gasteiger partial charge in [-0.05, 0) is 48.5 Å². The van der Waals surface area contributed by atoms with E-state index in [1.165, 1.54) is 19.4 Å². The zero-order valence-electron chi connectivity index (χ0n) is 10.7. The maximum absolute atomic E-state index is 3.51. The summed E-state index contributed by atoms with van der Waals surface area (Å²) in [5.74, 6) is 0.740. The first-order valence-corrected chi connectivity index (χ1v) is 6.91. The molecule has 0 spiro atoms. The third-order valence-corrected chi connectivity index (χ3v) is 4.23. The molecule has 2 heterocycles. The monoisotopic (exact) mass is 230 g/mol. The highest BCUT2D eigenvalue weighted by Crippen LogP contribution is 2.29. The van der Waals surface area contributed by atoms with Gasteiger partial charge in [-0.2, -0.15) is 0 Å². The molecule has 2 heteroatoms. The van der Waals surface area contributed by atoms with Crippen LogP contribution in [0.3, 0.4) is 0 Å². The van der Waals surface area contributed by atoms with Crippen LogP contribution in [0.4, 0.5) is 0 Å². The van der Waals surface area contributed by atoms with Gasteiger partial charge in [-0.15, -0.1) is 0 Å². The molecule has 3 rings (SSSR count). The second-order valence-corrected chi connectivity index (χ2v) is 5.37. The average molecular weight is 230 g/mol. The summed E-state index contributed by atoms with van der Waals surface area (Å²) in [4.78, 5) is 2.51. The van der Waals surface area contributed by atoms with Gasteiger partial charge in [-0.3, -0.25) is 4.90 Å². The lowest BCUT2D eigenvalue weighted by Crippen LogP contribution is -2.28. The van der Waals surface area contributed by atoms with Crippen molar-refractivity contribution in [3.05, 3.63) is 34.9 Å². The highest BCUT2D eigenvalue weighted by molar-refractivity contribution is 5.36. The van der Waals surface area contributed by atoms with E-state index < -0.39 is 0 Å². The fraction of sp³-hybridized carbons (Fsp3) is 0.600. The maximum Gasteiger partial charge on any atom is 0.0240 e. The first kappa shape index (κ1) is 11.2. The number of nitrogens with one attached hydrogen (secondary N) is 1. The van der Waals surface area contributed by atoms with Gasteiger partial charge in [0.05, 0.1) is 0 Å². The van der Waals surface area contributed by atoms with Gasteiger partial charge in [0, 0.05) is 19.6 Å². The molecule has 1 saturated heterocycles. The Morgan fingerprint density at radius 1 is 1.29 bits per heavy atom. The smallest absolute Gasteiger partial charge is 0.0240 e. The van der Waals surface area contributed by atoms with Crippen molar-refractivity contribution in [2.75, 3.05) is 19.6 Å². The van der Waals surface area contributed by atoms with E-state index in [-0.39, 0.29) is 0 Å². The predicted octanol–water partition coefficient (Wildman–Crippen LogP) is 2.49. The molecule has 2 nitrogen and oxygen atoms in total. The summed E-state index contributed by atoms with van der Waals surface area (Å²) < 4.78 is 0. The van der Waals surface area contributed by atoms with Crippen molar-refractivity contribution in [3.63, 3.8) is 0 Å². The lowest BCUT2D eigenvalue weighted by molar-refractivity contribution is 0.301. The molecule has 0 aromatic heterocycles. The minimum absolute atomic E-state index is 0.740. The molecule has 1 aromatic rings. The number of piperidine rings is 1. The summed E-state index contributed by atoms with van der Waals surface area (Å²) in [6.45, 7) is 8.07. The number of nitrogens with zero attached hydrogens (tertiary/aromatic N) is 1. The highest BCUT2D eigenvalue weighted by Gasteiger charge is 2.20. The van der Waals surface area contributed by atoms with E-state index in [0.29, 0.717) is 0 Å².